The second kappa shape index (κ2) is 13.0. The lowest BCUT2D eigenvalue weighted by atomic mass is 10.1. The zero-order chi connectivity index (χ0) is 25.3. The summed E-state index contributed by atoms with van der Waals surface area (Å²) < 4.78 is 29.6. The first-order valence-electron chi connectivity index (χ1n) is 11.7. The third-order valence-corrected chi connectivity index (χ3v) is 12.4. The van der Waals surface area contributed by atoms with Crippen molar-refractivity contribution in [3.8, 4) is 0 Å². The first kappa shape index (κ1) is 29.7. The summed E-state index contributed by atoms with van der Waals surface area (Å²) in [5, 5.41) is 2.93. The van der Waals surface area contributed by atoms with Gasteiger partial charge in [0.15, 0.2) is 8.32 Å². The Balaban J connectivity index is 2.95. The number of ketones is 1. The summed E-state index contributed by atoms with van der Waals surface area (Å²) in [6.45, 7) is 16.2. The van der Waals surface area contributed by atoms with Gasteiger partial charge in [-0.2, -0.15) is 0 Å². The molecule has 0 unspecified atom stereocenters. The normalized spacial score (nSPS) is 14.5. The number of hydrogen-bond donors (Lipinski definition) is 1. The maximum Gasteiger partial charge on any atom is 0.338 e. The fourth-order valence-corrected chi connectivity index (χ4v) is 5.94. The van der Waals surface area contributed by atoms with Crippen LogP contribution < -0.4 is 5.32 Å². The Hall–Kier alpha value is -1.31. The van der Waals surface area contributed by atoms with E-state index >= 15 is 0 Å². The molecule has 1 aromatic carbocycles. The van der Waals surface area contributed by atoms with E-state index in [1.54, 1.807) is 13.8 Å². The van der Waals surface area contributed by atoms with Crippen molar-refractivity contribution in [2.75, 3.05) is 19.4 Å². The summed E-state index contributed by atoms with van der Waals surface area (Å²) >= 11 is 0. The molecule has 0 bridgehead atoms. The summed E-state index contributed by atoms with van der Waals surface area (Å²) in [7, 11) is -5.75. The molecule has 0 saturated heterocycles. The lowest BCUT2D eigenvalue weighted by molar-refractivity contribution is -0.130. The molecule has 0 radical (unpaired) electrons. The van der Waals surface area contributed by atoms with E-state index in [0.717, 1.165) is 5.56 Å². The van der Waals surface area contributed by atoms with E-state index in [-0.39, 0.29) is 55.0 Å². The zero-order valence-corrected chi connectivity index (χ0v) is 23.4. The van der Waals surface area contributed by atoms with Crippen molar-refractivity contribution in [2.45, 2.75) is 84.7 Å². The summed E-state index contributed by atoms with van der Waals surface area (Å²) in [5.41, 5.74) is 0.988. The molecule has 33 heavy (non-hydrogen) atoms. The number of benzene rings is 1. The highest BCUT2D eigenvalue weighted by Crippen LogP contribution is 2.48. The van der Waals surface area contributed by atoms with Gasteiger partial charge in [0.2, 0.25) is 5.91 Å². The van der Waals surface area contributed by atoms with Crippen molar-refractivity contribution in [3.05, 3.63) is 35.9 Å². The van der Waals surface area contributed by atoms with Gasteiger partial charge in [0, 0.05) is 6.42 Å². The van der Waals surface area contributed by atoms with Crippen molar-refractivity contribution >= 4 is 27.6 Å². The monoisotopic (exact) mass is 499 g/mol. The number of amides is 1. The highest BCUT2D eigenvalue weighted by Gasteiger charge is 2.41. The van der Waals surface area contributed by atoms with Crippen molar-refractivity contribution < 1.29 is 27.6 Å². The molecule has 0 fully saturated rings. The molecule has 9 heteroatoms. The molecule has 2 atom stereocenters. The van der Waals surface area contributed by atoms with Crippen LogP contribution in [0.25, 0.3) is 0 Å². The number of nitrogens with one attached hydrogen (secondary N) is 1. The van der Waals surface area contributed by atoms with Gasteiger partial charge in [-0.15, -0.1) is 0 Å². The van der Waals surface area contributed by atoms with E-state index in [4.69, 9.17) is 13.5 Å². The maximum absolute atomic E-state index is 13.2. The topological polar surface area (TPSA) is 90.9 Å². The summed E-state index contributed by atoms with van der Waals surface area (Å²) in [4.78, 5) is 25.8. The Morgan fingerprint density at radius 3 is 2.09 bits per heavy atom. The molecular formula is C24H42NO6PSi. The molecule has 0 spiro atoms. The van der Waals surface area contributed by atoms with Crippen LogP contribution in [0.2, 0.25) is 18.1 Å². The summed E-state index contributed by atoms with van der Waals surface area (Å²) in [6, 6.07) is 9.49. The Morgan fingerprint density at radius 2 is 1.61 bits per heavy atom. The molecular weight excluding hydrogens is 457 g/mol. The average Bonchev–Trinajstić information content (AvgIpc) is 2.70. The molecule has 0 heterocycles. The van der Waals surface area contributed by atoms with E-state index < -0.39 is 22.0 Å². The number of carbonyl (C=O) groups is 2. The fraction of sp³-hybridized carbons (Fsp3) is 0.667. The van der Waals surface area contributed by atoms with Crippen molar-refractivity contribution in [1.82, 2.24) is 5.32 Å². The van der Waals surface area contributed by atoms with Gasteiger partial charge in [0.05, 0.1) is 19.3 Å². The highest BCUT2D eigenvalue weighted by molar-refractivity contribution is 7.54. The lowest BCUT2D eigenvalue weighted by Crippen LogP contribution is -2.49. The van der Waals surface area contributed by atoms with Gasteiger partial charge < -0.3 is 18.8 Å². The third-order valence-electron chi connectivity index (χ3n) is 5.90. The predicted molar refractivity (Wildman–Crippen MR) is 135 cm³/mol. The third kappa shape index (κ3) is 9.83. The van der Waals surface area contributed by atoms with Crippen molar-refractivity contribution in [3.63, 3.8) is 0 Å². The smallest absolute Gasteiger partial charge is 0.338 e. The quantitative estimate of drug-likeness (QED) is 0.254. The molecule has 188 valence electrons. The Labute approximate surface area is 200 Å². The van der Waals surface area contributed by atoms with Crippen molar-refractivity contribution in [2.24, 2.45) is 0 Å². The van der Waals surface area contributed by atoms with Crippen LogP contribution in [0.3, 0.4) is 0 Å². The van der Waals surface area contributed by atoms with E-state index in [2.05, 4.69) is 39.2 Å². The van der Waals surface area contributed by atoms with Gasteiger partial charge in [-0.05, 0) is 50.9 Å². The van der Waals surface area contributed by atoms with Crippen LogP contribution in [0.15, 0.2) is 30.3 Å². The summed E-state index contributed by atoms with van der Waals surface area (Å²) in [6.07, 6.45) is -0.823. The first-order chi connectivity index (χ1) is 15.2. The highest BCUT2D eigenvalue weighted by atomic mass is 31.2. The van der Waals surface area contributed by atoms with E-state index in [1.807, 2.05) is 37.3 Å². The number of Topliss-reactive ketones (excluding diaryl/α,β-unsaturated/α-hetero) is 1. The van der Waals surface area contributed by atoms with Crippen LogP contribution in [0.1, 0.15) is 66.0 Å². The molecule has 0 aromatic heterocycles. The Morgan fingerprint density at radius 1 is 1.06 bits per heavy atom. The van der Waals surface area contributed by atoms with E-state index in [0.29, 0.717) is 0 Å². The van der Waals surface area contributed by atoms with Gasteiger partial charge in [0.25, 0.3) is 0 Å². The number of carbonyl (C=O) groups excluding carboxylic acids is 2. The molecule has 1 N–H and O–H groups in total. The predicted octanol–water partition coefficient (Wildman–Crippen LogP) is 5.87. The van der Waals surface area contributed by atoms with Crippen LogP contribution in [0.4, 0.5) is 0 Å². The van der Waals surface area contributed by atoms with E-state index in [1.165, 1.54) is 0 Å². The van der Waals surface area contributed by atoms with Gasteiger partial charge in [0.1, 0.15) is 18.0 Å². The molecule has 7 nitrogen and oxygen atoms in total. The molecule has 1 aromatic rings. The molecule has 1 rings (SSSR count). The maximum atomic E-state index is 13.2. The molecule has 0 aliphatic heterocycles. The van der Waals surface area contributed by atoms with Gasteiger partial charge in [-0.1, -0.05) is 51.1 Å². The van der Waals surface area contributed by atoms with Crippen LogP contribution in [-0.2, 0) is 27.6 Å². The lowest BCUT2D eigenvalue weighted by Gasteiger charge is -2.39. The minimum atomic E-state index is -3.47. The van der Waals surface area contributed by atoms with Crippen LogP contribution in [-0.4, -0.2) is 45.5 Å². The minimum Gasteiger partial charge on any atom is -0.405 e. The molecule has 0 aliphatic carbocycles. The van der Waals surface area contributed by atoms with Crippen LogP contribution >= 0.6 is 7.60 Å². The zero-order valence-electron chi connectivity index (χ0n) is 21.5. The number of rotatable bonds is 14. The van der Waals surface area contributed by atoms with Crippen LogP contribution in [0.5, 0.6) is 0 Å². The fourth-order valence-electron chi connectivity index (χ4n) is 3.02. The molecule has 0 aliphatic rings. The molecule has 1 amide bonds. The SMILES string of the molecule is CCOP(=O)(CC(=O)CC[C@@H](O[Si](C)(C)C(C)(C)C)C(=O)N[C@@H](C)c1ccccc1)OCC. The summed E-state index contributed by atoms with van der Waals surface area (Å²) in [5.74, 6) is -0.519. The number of hydrogen-bond acceptors (Lipinski definition) is 6. The average molecular weight is 500 g/mol. The minimum absolute atomic E-state index is 0.0521. The molecule has 0 saturated carbocycles. The standard InChI is InChI=1S/C24H42NO6PSi/c1-9-29-32(28,30-10-2)18-21(26)16-17-22(31-33(7,8)24(4,5)6)23(27)25-19(3)20-14-12-11-13-15-20/h11-15,19,22H,9-10,16-18H2,1-8H3,(H,25,27)/t19-,22+/m0/s1. The largest absolute Gasteiger partial charge is 0.405 e. The van der Waals surface area contributed by atoms with Gasteiger partial charge >= 0.3 is 7.60 Å². The van der Waals surface area contributed by atoms with Crippen LogP contribution in [0, 0.1) is 0 Å². The van der Waals surface area contributed by atoms with Gasteiger partial charge in [-0.3, -0.25) is 14.2 Å². The van der Waals surface area contributed by atoms with Gasteiger partial charge in [-0.25, -0.2) is 0 Å². The first-order valence-corrected chi connectivity index (χ1v) is 16.3. The Kier molecular flexibility index (Phi) is 11.7. The second-order valence-electron chi connectivity index (χ2n) is 9.69. The van der Waals surface area contributed by atoms with Crippen molar-refractivity contribution in [1.29, 1.82) is 0 Å². The van der Waals surface area contributed by atoms with E-state index in [9.17, 15) is 14.2 Å². The Bertz CT molecular complexity index is 799. The second-order valence-corrected chi connectivity index (χ2v) is 16.5.